The van der Waals surface area contributed by atoms with Crippen LogP contribution in [-0.2, 0) is 0 Å². The maximum atomic E-state index is 3.88. The van der Waals surface area contributed by atoms with Crippen molar-refractivity contribution >= 4 is 78.6 Å². The first-order valence-corrected chi connectivity index (χ1v) is 18.3. The fraction of sp³-hybridized carbons (Fsp3) is 0. The molecule has 1 aliphatic heterocycles. The Balaban J connectivity index is 1.19. The van der Waals surface area contributed by atoms with E-state index in [1.807, 2.05) is 0 Å². The number of aromatic nitrogens is 1. The van der Waals surface area contributed by atoms with E-state index in [0.29, 0.717) is 0 Å². The van der Waals surface area contributed by atoms with Crippen molar-refractivity contribution in [2.75, 3.05) is 4.90 Å². The van der Waals surface area contributed by atoms with Gasteiger partial charge in [0.25, 0.3) is 0 Å². The van der Waals surface area contributed by atoms with Crippen molar-refractivity contribution in [1.82, 2.24) is 4.98 Å². The topological polar surface area (TPSA) is 19.0 Å². The zero-order valence-corrected chi connectivity index (χ0v) is 28.9. The van der Waals surface area contributed by atoms with E-state index in [0.717, 1.165) is 16.7 Å². The van der Waals surface area contributed by atoms with Crippen LogP contribution in [0.4, 0.5) is 17.1 Å². The summed E-state index contributed by atoms with van der Waals surface area (Å²) in [6.45, 7) is 0. The molecule has 10 aromatic rings. The van der Waals surface area contributed by atoms with Gasteiger partial charge >= 0.3 is 0 Å². The minimum atomic E-state index is 1.13. The molecule has 53 heavy (non-hydrogen) atoms. The van der Waals surface area contributed by atoms with E-state index in [2.05, 4.69) is 205 Å². The number of fused-ring (bicyclic) bond motifs is 9. The van der Waals surface area contributed by atoms with Gasteiger partial charge in [-0.1, -0.05) is 163 Å². The number of H-pyrrole nitrogens is 1. The molecule has 0 saturated carbocycles. The van der Waals surface area contributed by atoms with E-state index in [4.69, 9.17) is 0 Å². The number of nitrogens with one attached hydrogen (secondary N) is 1. The van der Waals surface area contributed by atoms with Crippen molar-refractivity contribution in [2.45, 2.75) is 0 Å². The van der Waals surface area contributed by atoms with Crippen LogP contribution in [0.15, 0.2) is 188 Å². The van der Waals surface area contributed by atoms with E-state index < -0.39 is 0 Å². The molecule has 1 N–H and O–H groups in total. The zero-order chi connectivity index (χ0) is 34.9. The van der Waals surface area contributed by atoms with Gasteiger partial charge in [-0.05, 0) is 79.8 Å². The Labute approximate surface area is 308 Å². The molecule has 3 heteroatoms. The van der Waals surface area contributed by atoms with E-state index in [1.54, 1.807) is 0 Å². The molecule has 0 spiro atoms. The van der Waals surface area contributed by atoms with Gasteiger partial charge < -0.3 is 9.88 Å². The number of hydrogen-bond acceptors (Lipinski definition) is 1. The summed E-state index contributed by atoms with van der Waals surface area (Å²) in [7, 11) is 2.42. The quantitative estimate of drug-likeness (QED) is 0.185. The lowest BCUT2D eigenvalue weighted by atomic mass is 9.57. The average Bonchev–Trinajstić information content (AvgIpc) is 3.63. The van der Waals surface area contributed by atoms with Crippen LogP contribution in [0.1, 0.15) is 0 Å². The predicted molar refractivity (Wildman–Crippen MR) is 227 cm³/mol. The first kappa shape index (κ1) is 29.9. The van der Waals surface area contributed by atoms with Crippen LogP contribution >= 0.6 is 0 Å². The van der Waals surface area contributed by atoms with E-state index in [9.17, 15) is 0 Å². The van der Waals surface area contributed by atoms with Crippen molar-refractivity contribution in [2.24, 2.45) is 0 Å². The number of anilines is 3. The summed E-state index contributed by atoms with van der Waals surface area (Å²) in [5.41, 5.74) is 15.5. The number of nitrogens with zero attached hydrogens (tertiary/aromatic N) is 1. The summed E-state index contributed by atoms with van der Waals surface area (Å²) in [4.78, 5) is 6.36. The predicted octanol–water partition coefficient (Wildman–Crippen LogP) is 12.1. The molecule has 0 unspecified atom stereocenters. The highest BCUT2D eigenvalue weighted by molar-refractivity contribution is 6.74. The molecule has 0 saturated heterocycles. The fourth-order valence-electron chi connectivity index (χ4n) is 8.54. The molecule has 1 aromatic heterocycles. The third-order valence-corrected chi connectivity index (χ3v) is 11.0. The van der Waals surface area contributed by atoms with E-state index in [1.165, 1.54) is 88.0 Å². The molecule has 11 rings (SSSR count). The molecule has 1 radical (unpaired) electrons. The van der Waals surface area contributed by atoms with Gasteiger partial charge in [0.15, 0.2) is 7.28 Å². The fourth-order valence-corrected chi connectivity index (χ4v) is 8.54. The van der Waals surface area contributed by atoms with Crippen LogP contribution in [0, 0.1) is 0 Å². The molecule has 0 bridgehead atoms. The smallest absolute Gasteiger partial charge is 0.197 e. The van der Waals surface area contributed by atoms with Crippen LogP contribution in [0.3, 0.4) is 0 Å². The van der Waals surface area contributed by atoms with Gasteiger partial charge in [-0.15, -0.1) is 0 Å². The van der Waals surface area contributed by atoms with Gasteiger partial charge in [0.2, 0.25) is 0 Å². The van der Waals surface area contributed by atoms with E-state index >= 15 is 0 Å². The minimum Gasteiger partial charge on any atom is -0.354 e. The SMILES string of the molecule is [B]1c2cc(-c3ccccc3)ccc2N(c2ccc(-c3ccccc3)cc2)c2c1c(-c1cccc3c1[nH]c1ccc4ccccc4c13)cc1ccccc21. The van der Waals surface area contributed by atoms with Crippen LogP contribution < -0.4 is 15.8 Å². The number of aromatic amines is 1. The van der Waals surface area contributed by atoms with Gasteiger partial charge in [0.1, 0.15) is 0 Å². The highest BCUT2D eigenvalue weighted by atomic mass is 15.2. The molecule has 1 aliphatic rings. The van der Waals surface area contributed by atoms with Gasteiger partial charge in [0, 0.05) is 44.3 Å². The number of benzene rings is 9. The molecule has 9 aromatic carbocycles. The Kier molecular flexibility index (Phi) is 6.68. The normalized spacial score (nSPS) is 12.3. The van der Waals surface area contributed by atoms with E-state index in [-0.39, 0.29) is 0 Å². The second-order valence-corrected chi connectivity index (χ2v) is 14.0. The largest absolute Gasteiger partial charge is 0.354 e. The third kappa shape index (κ3) is 4.75. The Morgan fingerprint density at radius 3 is 1.87 bits per heavy atom. The maximum Gasteiger partial charge on any atom is 0.197 e. The Hall–Kier alpha value is -6.84. The molecule has 2 nitrogen and oxygen atoms in total. The lowest BCUT2D eigenvalue weighted by molar-refractivity contribution is 1.31. The van der Waals surface area contributed by atoms with Crippen molar-refractivity contribution < 1.29 is 0 Å². The van der Waals surface area contributed by atoms with Gasteiger partial charge in [-0.2, -0.15) is 0 Å². The van der Waals surface area contributed by atoms with Gasteiger partial charge in [-0.25, -0.2) is 0 Å². The molecule has 0 fully saturated rings. The standard InChI is InChI=1S/C50H32BN2/c1-3-12-32(13-4-1)34-22-26-38(27-23-34)53-46-29-25-36(33-14-5-2-6-15-33)31-44(46)51-48-43(30-37-17-8-10-19-40(37)50(48)53)41-20-11-21-42-47-39-18-9-7-16-35(39)24-28-45(47)52-49(41)42/h1-31,52H. The molecule has 0 amide bonds. The lowest BCUT2D eigenvalue weighted by Crippen LogP contribution is -2.41. The summed E-state index contributed by atoms with van der Waals surface area (Å²) in [5, 5.41) is 7.48. The number of para-hydroxylation sites is 1. The highest BCUT2D eigenvalue weighted by Crippen LogP contribution is 2.44. The Morgan fingerprint density at radius 2 is 1.08 bits per heavy atom. The zero-order valence-electron chi connectivity index (χ0n) is 28.9. The van der Waals surface area contributed by atoms with Crippen LogP contribution in [-0.4, -0.2) is 12.3 Å². The monoisotopic (exact) mass is 671 g/mol. The average molecular weight is 672 g/mol. The third-order valence-electron chi connectivity index (χ3n) is 11.0. The lowest BCUT2D eigenvalue weighted by Gasteiger charge is -2.36. The first-order chi connectivity index (χ1) is 26.3. The van der Waals surface area contributed by atoms with Crippen molar-refractivity contribution in [1.29, 1.82) is 0 Å². The molecular formula is C50H32BN2. The maximum absolute atomic E-state index is 3.88. The number of rotatable bonds is 4. The summed E-state index contributed by atoms with van der Waals surface area (Å²) in [5.74, 6) is 0. The summed E-state index contributed by atoms with van der Waals surface area (Å²) < 4.78 is 0. The Bertz CT molecular complexity index is 3020. The van der Waals surface area contributed by atoms with Crippen LogP contribution in [0.25, 0.3) is 76.7 Å². The summed E-state index contributed by atoms with van der Waals surface area (Å²) in [6.07, 6.45) is 0. The second kappa shape index (κ2) is 11.9. The second-order valence-electron chi connectivity index (χ2n) is 14.0. The van der Waals surface area contributed by atoms with Crippen molar-refractivity contribution in [3.8, 4) is 33.4 Å². The van der Waals surface area contributed by atoms with Crippen molar-refractivity contribution in [3.05, 3.63) is 188 Å². The van der Waals surface area contributed by atoms with Crippen LogP contribution in [0.2, 0.25) is 0 Å². The first-order valence-electron chi connectivity index (χ1n) is 18.3. The molecule has 0 atom stereocenters. The molecule has 2 heterocycles. The minimum absolute atomic E-state index is 1.13. The van der Waals surface area contributed by atoms with Crippen LogP contribution in [0.5, 0.6) is 0 Å². The Morgan fingerprint density at radius 1 is 0.434 bits per heavy atom. The highest BCUT2D eigenvalue weighted by Gasteiger charge is 2.30. The number of hydrogen-bond donors (Lipinski definition) is 1. The van der Waals surface area contributed by atoms with Gasteiger partial charge in [0.05, 0.1) is 5.52 Å². The molecular weight excluding hydrogens is 639 g/mol. The molecule has 245 valence electrons. The summed E-state index contributed by atoms with van der Waals surface area (Å²) in [6, 6.07) is 68.4. The van der Waals surface area contributed by atoms with Gasteiger partial charge in [-0.3, -0.25) is 0 Å². The van der Waals surface area contributed by atoms with Crippen molar-refractivity contribution in [3.63, 3.8) is 0 Å². The molecule has 0 aliphatic carbocycles. The summed E-state index contributed by atoms with van der Waals surface area (Å²) >= 11 is 0.